The summed E-state index contributed by atoms with van der Waals surface area (Å²) in [6.45, 7) is 4.47. The number of rotatable bonds is 5. The van der Waals surface area contributed by atoms with Crippen LogP contribution in [0.2, 0.25) is 0 Å². The zero-order valence-electron chi connectivity index (χ0n) is 16.6. The molecule has 0 unspecified atom stereocenters. The quantitative estimate of drug-likeness (QED) is 0.719. The molecule has 1 atom stereocenters. The van der Waals surface area contributed by atoms with E-state index in [2.05, 4.69) is 10.3 Å². The number of hydrogen-bond donors (Lipinski definition) is 1. The van der Waals surface area contributed by atoms with Crippen LogP contribution in [0, 0.1) is 13.8 Å². The monoisotopic (exact) mass is 385 g/mol. The molecule has 5 heteroatoms. The van der Waals surface area contributed by atoms with Gasteiger partial charge in [0, 0.05) is 18.4 Å². The van der Waals surface area contributed by atoms with E-state index in [0.717, 1.165) is 22.4 Å². The first-order valence-electron chi connectivity index (χ1n) is 9.71. The van der Waals surface area contributed by atoms with Gasteiger partial charge in [0.25, 0.3) is 5.91 Å². The predicted molar refractivity (Wildman–Crippen MR) is 113 cm³/mol. The third kappa shape index (κ3) is 3.76. The third-order valence-corrected chi connectivity index (χ3v) is 5.31. The van der Waals surface area contributed by atoms with Crippen LogP contribution >= 0.6 is 0 Å². The molecule has 1 aliphatic rings. The molecule has 0 aliphatic carbocycles. The summed E-state index contributed by atoms with van der Waals surface area (Å²) in [5, 5.41) is 2.99. The zero-order chi connectivity index (χ0) is 20.4. The van der Waals surface area contributed by atoms with Crippen molar-refractivity contribution in [2.75, 3.05) is 4.90 Å². The summed E-state index contributed by atoms with van der Waals surface area (Å²) in [4.78, 5) is 32.0. The molecule has 2 aromatic carbocycles. The van der Waals surface area contributed by atoms with Crippen molar-refractivity contribution in [1.29, 1.82) is 0 Å². The highest BCUT2D eigenvalue weighted by molar-refractivity contribution is 6.11. The maximum atomic E-state index is 13.1. The second-order valence-electron chi connectivity index (χ2n) is 7.37. The zero-order valence-corrected chi connectivity index (χ0v) is 16.6. The molecule has 29 heavy (non-hydrogen) atoms. The van der Waals surface area contributed by atoms with Crippen LogP contribution < -0.4 is 10.2 Å². The fraction of sp³-hybridized carbons (Fsp3) is 0.208. The summed E-state index contributed by atoms with van der Waals surface area (Å²) in [6, 6.07) is 18.8. The Morgan fingerprint density at radius 3 is 2.69 bits per heavy atom. The molecule has 5 nitrogen and oxygen atoms in total. The lowest BCUT2D eigenvalue weighted by molar-refractivity contribution is -0.121. The van der Waals surface area contributed by atoms with E-state index in [1.807, 2.05) is 62.4 Å². The molecule has 1 aromatic heterocycles. The molecule has 4 rings (SSSR count). The van der Waals surface area contributed by atoms with Crippen LogP contribution in [0.25, 0.3) is 0 Å². The second-order valence-corrected chi connectivity index (χ2v) is 7.37. The molecule has 0 saturated heterocycles. The second kappa shape index (κ2) is 7.87. The van der Waals surface area contributed by atoms with Crippen molar-refractivity contribution in [1.82, 2.24) is 10.3 Å². The molecule has 1 N–H and O–H groups in total. The fourth-order valence-corrected chi connectivity index (χ4v) is 3.77. The Morgan fingerprint density at radius 1 is 1.07 bits per heavy atom. The number of carbonyl (C=O) groups is 2. The minimum atomic E-state index is -0.419. The molecule has 0 radical (unpaired) electrons. The molecular formula is C24H23N3O2. The van der Waals surface area contributed by atoms with Gasteiger partial charge in [-0.05, 0) is 54.8 Å². The summed E-state index contributed by atoms with van der Waals surface area (Å²) in [5.41, 5.74) is 5.28. The number of aromatic nitrogens is 1. The van der Waals surface area contributed by atoms with Crippen molar-refractivity contribution in [3.63, 3.8) is 0 Å². The van der Waals surface area contributed by atoms with Gasteiger partial charge in [-0.25, -0.2) is 0 Å². The Morgan fingerprint density at radius 2 is 1.90 bits per heavy atom. The average molecular weight is 385 g/mol. The minimum absolute atomic E-state index is 0.109. The standard InChI is InChI=1S/C24H23N3O2/c1-16-7-5-10-19(13-16)27-21(23-20(24(27)29)11-6-12-25-23)14-22(28)26-15-18-9-4-3-8-17(18)2/h3-13,21H,14-15H2,1-2H3,(H,26,28)/t21-/m0/s1. The molecule has 0 saturated carbocycles. The first kappa shape index (κ1) is 18.9. The summed E-state index contributed by atoms with van der Waals surface area (Å²) in [7, 11) is 0. The highest BCUT2D eigenvalue weighted by Crippen LogP contribution is 2.38. The van der Waals surface area contributed by atoms with E-state index in [-0.39, 0.29) is 18.2 Å². The molecule has 0 fully saturated rings. The Kier molecular flexibility index (Phi) is 5.12. The first-order chi connectivity index (χ1) is 14.0. The van der Waals surface area contributed by atoms with Crippen LogP contribution in [0.4, 0.5) is 5.69 Å². The smallest absolute Gasteiger partial charge is 0.260 e. The number of hydrogen-bond acceptors (Lipinski definition) is 3. The normalized spacial score (nSPS) is 15.3. The number of pyridine rings is 1. The third-order valence-electron chi connectivity index (χ3n) is 5.31. The van der Waals surface area contributed by atoms with E-state index in [9.17, 15) is 9.59 Å². The minimum Gasteiger partial charge on any atom is -0.352 e. The average Bonchev–Trinajstić information content (AvgIpc) is 2.99. The number of amides is 2. The SMILES string of the molecule is Cc1cccc(N2C(=O)c3cccnc3[C@@H]2CC(=O)NCc2ccccc2C)c1. The number of benzene rings is 2. The summed E-state index contributed by atoms with van der Waals surface area (Å²) in [5.74, 6) is -0.224. The van der Waals surface area contributed by atoms with Gasteiger partial charge < -0.3 is 5.32 Å². The van der Waals surface area contributed by atoms with E-state index >= 15 is 0 Å². The molecule has 0 spiro atoms. The largest absolute Gasteiger partial charge is 0.352 e. The summed E-state index contributed by atoms with van der Waals surface area (Å²) < 4.78 is 0. The van der Waals surface area contributed by atoms with E-state index < -0.39 is 6.04 Å². The number of nitrogens with zero attached hydrogens (tertiary/aromatic N) is 2. The van der Waals surface area contributed by atoms with Crippen LogP contribution in [0.5, 0.6) is 0 Å². The maximum Gasteiger partial charge on any atom is 0.260 e. The lowest BCUT2D eigenvalue weighted by Crippen LogP contribution is -2.33. The number of nitrogens with one attached hydrogen (secondary N) is 1. The maximum absolute atomic E-state index is 13.1. The van der Waals surface area contributed by atoms with Crippen molar-refractivity contribution in [2.45, 2.75) is 32.9 Å². The van der Waals surface area contributed by atoms with E-state index in [4.69, 9.17) is 0 Å². The van der Waals surface area contributed by atoms with Gasteiger partial charge in [-0.1, -0.05) is 36.4 Å². The van der Waals surface area contributed by atoms with Crippen molar-refractivity contribution in [3.8, 4) is 0 Å². The van der Waals surface area contributed by atoms with Crippen LogP contribution in [-0.2, 0) is 11.3 Å². The van der Waals surface area contributed by atoms with Gasteiger partial charge in [0.1, 0.15) is 0 Å². The van der Waals surface area contributed by atoms with E-state index in [0.29, 0.717) is 17.8 Å². The van der Waals surface area contributed by atoms with Crippen LogP contribution in [0.15, 0.2) is 66.9 Å². The van der Waals surface area contributed by atoms with Crippen molar-refractivity contribution < 1.29 is 9.59 Å². The number of aryl methyl sites for hydroxylation is 2. The molecule has 3 aromatic rings. The van der Waals surface area contributed by atoms with Crippen LogP contribution in [0.3, 0.4) is 0 Å². The Hall–Kier alpha value is -3.47. The lowest BCUT2D eigenvalue weighted by atomic mass is 10.1. The number of anilines is 1. The van der Waals surface area contributed by atoms with Crippen molar-refractivity contribution in [2.24, 2.45) is 0 Å². The van der Waals surface area contributed by atoms with Gasteiger partial charge in [-0.2, -0.15) is 0 Å². The van der Waals surface area contributed by atoms with Gasteiger partial charge in [0.2, 0.25) is 5.91 Å². The highest BCUT2D eigenvalue weighted by atomic mass is 16.2. The highest BCUT2D eigenvalue weighted by Gasteiger charge is 2.39. The van der Waals surface area contributed by atoms with Crippen LogP contribution in [0.1, 0.15) is 45.2 Å². The Labute approximate surface area is 170 Å². The fourth-order valence-electron chi connectivity index (χ4n) is 3.77. The van der Waals surface area contributed by atoms with E-state index in [1.54, 1.807) is 23.2 Å². The number of fused-ring (bicyclic) bond motifs is 1. The molecule has 0 bridgehead atoms. The first-order valence-corrected chi connectivity index (χ1v) is 9.71. The molecule has 2 heterocycles. The van der Waals surface area contributed by atoms with Gasteiger partial charge in [0.15, 0.2) is 0 Å². The lowest BCUT2D eigenvalue weighted by Gasteiger charge is -2.25. The van der Waals surface area contributed by atoms with Gasteiger partial charge >= 0.3 is 0 Å². The van der Waals surface area contributed by atoms with Crippen molar-refractivity contribution >= 4 is 17.5 Å². The topological polar surface area (TPSA) is 62.3 Å². The molecule has 2 amide bonds. The Balaban J connectivity index is 1.58. The summed E-state index contributed by atoms with van der Waals surface area (Å²) in [6.07, 6.45) is 1.83. The molecular weight excluding hydrogens is 362 g/mol. The molecule has 1 aliphatic heterocycles. The van der Waals surface area contributed by atoms with E-state index in [1.165, 1.54) is 0 Å². The van der Waals surface area contributed by atoms with Gasteiger partial charge in [-0.15, -0.1) is 0 Å². The Bertz CT molecular complexity index is 1080. The predicted octanol–water partition coefficient (Wildman–Crippen LogP) is 4.11. The van der Waals surface area contributed by atoms with Crippen LogP contribution in [-0.4, -0.2) is 16.8 Å². The van der Waals surface area contributed by atoms with Crippen molar-refractivity contribution in [3.05, 3.63) is 94.8 Å². The number of carbonyl (C=O) groups excluding carboxylic acids is 2. The summed E-state index contributed by atoms with van der Waals surface area (Å²) >= 11 is 0. The van der Waals surface area contributed by atoms with Gasteiger partial charge in [0.05, 0.1) is 23.7 Å². The molecule has 146 valence electrons. The van der Waals surface area contributed by atoms with Gasteiger partial charge in [-0.3, -0.25) is 19.5 Å².